The first-order chi connectivity index (χ1) is 28.4. The average molecular weight is 841 g/mol. The second kappa shape index (κ2) is 18.3. The van der Waals surface area contributed by atoms with Crippen LogP contribution in [0.2, 0.25) is 0 Å². The third-order valence-corrected chi connectivity index (χ3v) is 11.4. The van der Waals surface area contributed by atoms with Crippen LogP contribution in [0.25, 0.3) is 0 Å². The Bertz CT molecular complexity index is 2020. The molecular weight excluding hydrogens is 789 g/mol. The fourth-order valence-electron chi connectivity index (χ4n) is 8.40. The van der Waals surface area contributed by atoms with Gasteiger partial charge >= 0.3 is 12.0 Å². The number of hydrogen-bond donors (Lipinski definition) is 5. The molecule has 9 atom stereocenters. The number of hydrogen-bond acceptors (Lipinski definition) is 9. The molecule has 4 saturated heterocycles. The van der Waals surface area contributed by atoms with E-state index in [1.54, 1.807) is 13.0 Å². The topological polar surface area (TPSA) is 199 Å². The van der Waals surface area contributed by atoms with Crippen molar-refractivity contribution in [3.63, 3.8) is 0 Å². The number of nitrogens with one attached hydrogen (secondary N) is 5. The van der Waals surface area contributed by atoms with E-state index in [9.17, 15) is 46.7 Å². The SMILES string of the molecule is Cc1ccc(NC(=O)N[C@@H](Cc2cc(F)cc(F)c2)C(=O)N[C@@H]2C(=O)N3C[C@H](C)C[C@H]3C(=O)N3CCNC[C@H]3C(=O)N[C@@H](C)C(=O)N3C[C@H](C)C[C@H]3C(=O)O[C@H]2C)c(F)c1. The number of ether oxygens (including phenoxy) is 1. The number of rotatable bonds is 6. The normalized spacial score (nSPS) is 28.3. The number of cyclic esters (lactones) is 1. The molecule has 19 heteroatoms. The Labute approximate surface area is 345 Å². The molecule has 60 heavy (non-hydrogen) atoms. The summed E-state index contributed by atoms with van der Waals surface area (Å²) >= 11 is 0. The van der Waals surface area contributed by atoms with Crippen LogP contribution in [0, 0.1) is 36.2 Å². The molecular formula is C41H51F3N8O8. The average Bonchev–Trinajstić information content (AvgIpc) is 3.78. The van der Waals surface area contributed by atoms with Crippen molar-refractivity contribution >= 4 is 47.2 Å². The van der Waals surface area contributed by atoms with Crippen LogP contribution in [-0.2, 0) is 39.9 Å². The van der Waals surface area contributed by atoms with Crippen LogP contribution in [0.15, 0.2) is 36.4 Å². The minimum absolute atomic E-state index is 0.0544. The summed E-state index contributed by atoms with van der Waals surface area (Å²) in [6, 6.07) is -2.19. The highest BCUT2D eigenvalue weighted by Crippen LogP contribution is 2.29. The minimum atomic E-state index is -1.70. The van der Waals surface area contributed by atoms with Gasteiger partial charge in [-0.3, -0.25) is 24.0 Å². The number of carbonyl (C=O) groups is 7. The molecule has 2 aromatic carbocycles. The van der Waals surface area contributed by atoms with Crippen LogP contribution in [0.5, 0.6) is 0 Å². The first kappa shape index (κ1) is 43.8. The smallest absolute Gasteiger partial charge is 0.329 e. The predicted molar refractivity (Wildman–Crippen MR) is 209 cm³/mol. The maximum atomic E-state index is 14.8. The lowest BCUT2D eigenvalue weighted by atomic mass is 10.0. The molecule has 0 spiro atoms. The van der Waals surface area contributed by atoms with Gasteiger partial charge in [0.2, 0.25) is 29.5 Å². The molecule has 0 bridgehead atoms. The van der Waals surface area contributed by atoms with Gasteiger partial charge < -0.3 is 46.0 Å². The van der Waals surface area contributed by atoms with Crippen molar-refractivity contribution in [1.82, 2.24) is 36.0 Å². The van der Waals surface area contributed by atoms with E-state index >= 15 is 0 Å². The van der Waals surface area contributed by atoms with E-state index in [1.807, 2.05) is 13.8 Å². The van der Waals surface area contributed by atoms with Gasteiger partial charge in [0, 0.05) is 45.2 Å². The molecule has 16 nitrogen and oxygen atoms in total. The summed E-state index contributed by atoms with van der Waals surface area (Å²) in [5.74, 6) is -7.50. The van der Waals surface area contributed by atoms with E-state index in [1.165, 1.54) is 40.7 Å². The quantitative estimate of drug-likeness (QED) is 0.267. The molecule has 4 aliphatic rings. The lowest BCUT2D eigenvalue weighted by Gasteiger charge is -2.40. The number of urea groups is 1. The number of piperazine rings is 1. The highest BCUT2D eigenvalue weighted by molar-refractivity contribution is 5.99. The van der Waals surface area contributed by atoms with E-state index in [2.05, 4.69) is 26.6 Å². The molecule has 0 saturated carbocycles. The zero-order valence-electron chi connectivity index (χ0n) is 34.1. The Hall–Kier alpha value is -5.72. The van der Waals surface area contributed by atoms with Crippen molar-refractivity contribution in [2.45, 2.75) is 96.2 Å². The third-order valence-electron chi connectivity index (χ3n) is 11.4. The van der Waals surface area contributed by atoms with Crippen molar-refractivity contribution in [3.05, 3.63) is 65.0 Å². The largest absolute Gasteiger partial charge is 0.458 e. The molecule has 5 N–H and O–H groups in total. The van der Waals surface area contributed by atoms with Crippen molar-refractivity contribution in [3.8, 4) is 0 Å². The van der Waals surface area contributed by atoms with Gasteiger partial charge in [-0.1, -0.05) is 19.9 Å². The standard InChI is InChI=1S/C41H51F3N8O8/c1-20-6-7-29(28(44)10-20)47-41(59)48-30(15-25-13-26(42)16-27(43)14-25)35(53)49-34-24(5)60-40(58)32-12-22(3)19-52(32)37(55)23(4)46-36(54)33-17-45-8-9-50(33)38(56)31-11-21(2)18-51(31)39(34)57/h6-7,10,13-14,16,21-24,30-34,45H,8-9,11-12,15,17-19H2,1-5H3,(H,46,54)(H,49,53)(H2,47,48,59)/t21-,22-,23+,24+,30+,31+,32+,33+,34+/m1/s1. The van der Waals surface area contributed by atoms with Gasteiger partial charge in [0.15, 0.2) is 0 Å². The Balaban J connectivity index is 1.36. The molecule has 4 heterocycles. The highest BCUT2D eigenvalue weighted by Gasteiger charge is 2.48. The first-order valence-corrected chi connectivity index (χ1v) is 20.1. The van der Waals surface area contributed by atoms with Gasteiger partial charge in [-0.15, -0.1) is 0 Å². The molecule has 4 fully saturated rings. The summed E-state index contributed by atoms with van der Waals surface area (Å²) in [7, 11) is 0. The van der Waals surface area contributed by atoms with Gasteiger partial charge in [-0.05, 0) is 80.8 Å². The van der Waals surface area contributed by atoms with Crippen molar-refractivity contribution < 1.29 is 51.5 Å². The Morgan fingerprint density at radius 3 is 2.15 bits per heavy atom. The van der Waals surface area contributed by atoms with E-state index < -0.39 is 108 Å². The molecule has 324 valence electrons. The van der Waals surface area contributed by atoms with Gasteiger partial charge in [-0.2, -0.15) is 0 Å². The number of fused-ring (bicyclic) bond motifs is 3. The zero-order chi connectivity index (χ0) is 43.6. The monoisotopic (exact) mass is 840 g/mol. The van der Waals surface area contributed by atoms with Crippen molar-refractivity contribution in [1.29, 1.82) is 0 Å². The number of esters is 1. The number of benzene rings is 2. The number of nitrogens with zero attached hydrogens (tertiary/aromatic N) is 3. The molecule has 6 rings (SSSR count). The van der Waals surface area contributed by atoms with Crippen LogP contribution >= 0.6 is 0 Å². The van der Waals surface area contributed by atoms with E-state index in [0.717, 1.165) is 12.1 Å². The van der Waals surface area contributed by atoms with Crippen LogP contribution in [0.4, 0.5) is 23.7 Å². The lowest BCUT2D eigenvalue weighted by Crippen LogP contribution is -2.65. The molecule has 4 aliphatic heterocycles. The summed E-state index contributed by atoms with van der Waals surface area (Å²) in [6.07, 6.45) is -1.54. The summed E-state index contributed by atoms with van der Waals surface area (Å²) in [5.41, 5.74) is 0.290. The summed E-state index contributed by atoms with van der Waals surface area (Å²) in [6.45, 7) is 8.92. The van der Waals surface area contributed by atoms with Crippen LogP contribution in [-0.4, -0.2) is 131 Å². The molecule has 0 unspecified atom stereocenters. The van der Waals surface area contributed by atoms with E-state index in [0.29, 0.717) is 18.2 Å². The Morgan fingerprint density at radius 2 is 1.48 bits per heavy atom. The molecule has 0 aliphatic carbocycles. The number of anilines is 1. The number of halogens is 3. The van der Waals surface area contributed by atoms with Gasteiger partial charge in [0.1, 0.15) is 59.8 Å². The van der Waals surface area contributed by atoms with Crippen molar-refractivity contribution in [2.24, 2.45) is 11.8 Å². The first-order valence-electron chi connectivity index (χ1n) is 20.1. The zero-order valence-corrected chi connectivity index (χ0v) is 34.1. The number of amides is 7. The van der Waals surface area contributed by atoms with Crippen LogP contribution in [0.3, 0.4) is 0 Å². The van der Waals surface area contributed by atoms with Gasteiger partial charge in [0.05, 0.1) is 5.69 Å². The maximum absolute atomic E-state index is 14.8. The lowest BCUT2D eigenvalue weighted by molar-refractivity contribution is -0.163. The van der Waals surface area contributed by atoms with E-state index in [-0.39, 0.29) is 62.1 Å². The molecule has 2 aromatic rings. The predicted octanol–water partition coefficient (Wildman–Crippen LogP) is 1.35. The second-order valence-corrected chi connectivity index (χ2v) is 16.4. The summed E-state index contributed by atoms with van der Waals surface area (Å²) in [4.78, 5) is 102. The second-order valence-electron chi connectivity index (χ2n) is 16.4. The van der Waals surface area contributed by atoms with Crippen molar-refractivity contribution in [2.75, 3.05) is 38.0 Å². The van der Waals surface area contributed by atoms with Gasteiger partial charge in [-0.25, -0.2) is 22.8 Å². The number of aryl methyl sites for hydroxylation is 1. The minimum Gasteiger partial charge on any atom is -0.458 e. The Kier molecular flexibility index (Phi) is 13.4. The summed E-state index contributed by atoms with van der Waals surface area (Å²) in [5, 5.41) is 13.1. The fraction of sp³-hybridized carbons (Fsp3) is 0.537. The molecule has 7 amide bonds. The van der Waals surface area contributed by atoms with Gasteiger partial charge in [0.25, 0.3) is 0 Å². The maximum Gasteiger partial charge on any atom is 0.329 e. The van der Waals surface area contributed by atoms with Crippen LogP contribution in [0.1, 0.15) is 51.7 Å². The fourth-order valence-corrected chi connectivity index (χ4v) is 8.40. The van der Waals surface area contributed by atoms with E-state index in [4.69, 9.17) is 4.74 Å². The Morgan fingerprint density at radius 1 is 0.833 bits per heavy atom. The number of carbonyl (C=O) groups excluding carboxylic acids is 7. The highest BCUT2D eigenvalue weighted by atomic mass is 19.1. The summed E-state index contributed by atoms with van der Waals surface area (Å²) < 4.78 is 49.3. The van der Waals surface area contributed by atoms with Crippen LogP contribution < -0.4 is 26.6 Å². The third kappa shape index (κ3) is 9.83. The molecule has 0 aromatic heterocycles. The molecule has 0 radical (unpaired) electrons.